The second kappa shape index (κ2) is 6.38. The first-order valence-electron chi connectivity index (χ1n) is 9.50. The number of hydrogen-bond acceptors (Lipinski definition) is 6. The van der Waals surface area contributed by atoms with Crippen LogP contribution in [-0.2, 0) is 11.3 Å². The van der Waals surface area contributed by atoms with Crippen LogP contribution in [0.4, 0.5) is 0 Å². The van der Waals surface area contributed by atoms with Gasteiger partial charge in [0.1, 0.15) is 5.56 Å². The van der Waals surface area contributed by atoms with E-state index in [9.17, 15) is 9.59 Å². The molecule has 1 aromatic heterocycles. The van der Waals surface area contributed by atoms with Crippen LogP contribution < -0.4 is 15.0 Å². The van der Waals surface area contributed by atoms with Crippen LogP contribution in [-0.4, -0.2) is 42.7 Å². The standard InChI is InChI=1S/C21H22N2O5/c1-26-16-7-6-14-18(19(16)27-2)21(25)28-20(14)22-9-12-8-13(11-22)15-4-3-5-17(24)23(15)10-12/h3-7,12-13,20H,8-11H2,1-2H3/t12-,13+,20?/m1/s1. The van der Waals surface area contributed by atoms with Crippen LogP contribution in [0.15, 0.2) is 35.1 Å². The summed E-state index contributed by atoms with van der Waals surface area (Å²) >= 11 is 0. The number of likely N-dealkylation sites (tertiary alicyclic amines) is 1. The summed E-state index contributed by atoms with van der Waals surface area (Å²) in [5.74, 6) is 1.16. The Morgan fingerprint density at radius 1 is 1.04 bits per heavy atom. The maximum absolute atomic E-state index is 12.6. The van der Waals surface area contributed by atoms with Crippen molar-refractivity contribution in [2.45, 2.75) is 25.1 Å². The van der Waals surface area contributed by atoms with Crippen LogP contribution in [0.3, 0.4) is 0 Å². The molecule has 4 heterocycles. The topological polar surface area (TPSA) is 70.0 Å². The number of aromatic nitrogens is 1. The molecule has 3 aliphatic rings. The highest BCUT2D eigenvalue weighted by molar-refractivity contribution is 5.98. The van der Waals surface area contributed by atoms with E-state index in [0.29, 0.717) is 29.5 Å². The highest BCUT2D eigenvalue weighted by Gasteiger charge is 2.43. The number of carbonyl (C=O) groups is 1. The fourth-order valence-electron chi connectivity index (χ4n) is 4.98. The number of pyridine rings is 1. The summed E-state index contributed by atoms with van der Waals surface area (Å²) < 4.78 is 18.4. The molecule has 2 bridgehead atoms. The third kappa shape index (κ3) is 2.46. The van der Waals surface area contributed by atoms with E-state index in [0.717, 1.165) is 30.8 Å². The Labute approximate surface area is 162 Å². The molecule has 0 aliphatic carbocycles. The van der Waals surface area contributed by atoms with Gasteiger partial charge >= 0.3 is 5.97 Å². The molecule has 28 heavy (non-hydrogen) atoms. The molecule has 0 saturated carbocycles. The molecule has 3 aliphatic heterocycles. The summed E-state index contributed by atoms with van der Waals surface area (Å²) in [6.07, 6.45) is 0.619. The summed E-state index contributed by atoms with van der Waals surface area (Å²) in [6.45, 7) is 2.23. The highest BCUT2D eigenvalue weighted by Crippen LogP contribution is 2.46. The van der Waals surface area contributed by atoms with Crippen LogP contribution in [0.1, 0.15) is 40.2 Å². The molecule has 1 aromatic carbocycles. The second-order valence-corrected chi connectivity index (χ2v) is 7.68. The zero-order valence-electron chi connectivity index (χ0n) is 15.9. The predicted molar refractivity (Wildman–Crippen MR) is 101 cm³/mol. The molecule has 2 aromatic rings. The number of fused-ring (bicyclic) bond motifs is 5. The van der Waals surface area contributed by atoms with E-state index in [-0.39, 0.29) is 17.4 Å². The van der Waals surface area contributed by atoms with Gasteiger partial charge in [0, 0.05) is 42.9 Å². The van der Waals surface area contributed by atoms with Gasteiger partial charge in [-0.25, -0.2) is 4.79 Å². The third-order valence-corrected chi connectivity index (χ3v) is 6.11. The molecule has 0 radical (unpaired) electrons. The quantitative estimate of drug-likeness (QED) is 0.758. The van der Waals surface area contributed by atoms with Crippen molar-refractivity contribution in [2.75, 3.05) is 27.3 Å². The van der Waals surface area contributed by atoms with E-state index < -0.39 is 6.23 Å². The zero-order chi connectivity index (χ0) is 19.4. The number of benzene rings is 1. The molecule has 0 N–H and O–H groups in total. The lowest BCUT2D eigenvalue weighted by Gasteiger charge is -2.44. The summed E-state index contributed by atoms with van der Waals surface area (Å²) in [7, 11) is 3.08. The maximum Gasteiger partial charge on any atom is 0.344 e. The highest BCUT2D eigenvalue weighted by atomic mass is 16.6. The Morgan fingerprint density at radius 2 is 1.89 bits per heavy atom. The number of esters is 1. The number of methoxy groups -OCH3 is 2. The van der Waals surface area contributed by atoms with Crippen molar-refractivity contribution in [3.8, 4) is 11.5 Å². The zero-order valence-corrected chi connectivity index (χ0v) is 15.9. The van der Waals surface area contributed by atoms with Gasteiger partial charge in [-0.1, -0.05) is 6.07 Å². The summed E-state index contributed by atoms with van der Waals surface area (Å²) in [6, 6.07) is 9.18. The van der Waals surface area contributed by atoms with Crippen LogP contribution in [0, 0.1) is 5.92 Å². The Morgan fingerprint density at radius 3 is 2.68 bits per heavy atom. The Hall–Kier alpha value is -2.80. The molecule has 0 spiro atoms. The summed E-state index contributed by atoms with van der Waals surface area (Å²) in [4.78, 5) is 27.1. The van der Waals surface area contributed by atoms with E-state index in [1.165, 1.54) is 7.11 Å². The van der Waals surface area contributed by atoms with Crippen molar-refractivity contribution in [3.05, 3.63) is 57.5 Å². The van der Waals surface area contributed by atoms with Crippen LogP contribution >= 0.6 is 0 Å². The molecule has 7 heteroatoms. The predicted octanol–water partition coefficient (Wildman–Crippen LogP) is 2.15. The third-order valence-electron chi connectivity index (χ3n) is 6.11. The molecule has 1 saturated heterocycles. The Bertz CT molecular complexity index is 1010. The molecule has 0 amide bonds. The van der Waals surface area contributed by atoms with Crippen LogP contribution in [0.5, 0.6) is 11.5 Å². The normalized spacial score (nSPS) is 25.6. The fraction of sp³-hybridized carbons (Fsp3) is 0.429. The smallest absolute Gasteiger partial charge is 0.344 e. The van der Waals surface area contributed by atoms with Gasteiger partial charge < -0.3 is 18.8 Å². The lowest BCUT2D eigenvalue weighted by molar-refractivity contribution is -0.0490. The number of ether oxygens (including phenoxy) is 3. The lowest BCUT2D eigenvalue weighted by Crippen LogP contribution is -2.48. The molecule has 3 atom stereocenters. The van der Waals surface area contributed by atoms with E-state index >= 15 is 0 Å². The molecular formula is C21H22N2O5. The van der Waals surface area contributed by atoms with Gasteiger partial charge in [0.2, 0.25) is 0 Å². The first-order valence-corrected chi connectivity index (χ1v) is 9.50. The maximum atomic E-state index is 12.6. The SMILES string of the molecule is COc1ccc2c(c1OC)C(=O)OC2N1C[C@H]2C[C@@H](C1)c1cccc(=O)n1C2. The number of cyclic esters (lactones) is 1. The van der Waals surface area contributed by atoms with Crippen molar-refractivity contribution in [3.63, 3.8) is 0 Å². The van der Waals surface area contributed by atoms with E-state index in [4.69, 9.17) is 14.2 Å². The van der Waals surface area contributed by atoms with Crippen molar-refractivity contribution < 1.29 is 19.0 Å². The van der Waals surface area contributed by atoms with Crippen LogP contribution in [0.25, 0.3) is 0 Å². The number of rotatable bonds is 3. The van der Waals surface area contributed by atoms with Gasteiger partial charge in [-0.05, 0) is 30.5 Å². The second-order valence-electron chi connectivity index (χ2n) is 7.68. The molecular weight excluding hydrogens is 360 g/mol. The molecule has 146 valence electrons. The lowest BCUT2D eigenvalue weighted by atomic mass is 9.83. The number of hydrogen-bond donors (Lipinski definition) is 0. The molecule has 5 rings (SSSR count). The first-order chi connectivity index (χ1) is 13.6. The van der Waals surface area contributed by atoms with Gasteiger partial charge in [0.05, 0.1) is 14.2 Å². The summed E-state index contributed by atoms with van der Waals surface area (Å²) in [5, 5.41) is 0. The Kier molecular flexibility index (Phi) is 3.94. The van der Waals surface area contributed by atoms with E-state index in [1.807, 2.05) is 28.8 Å². The van der Waals surface area contributed by atoms with Gasteiger partial charge in [0.25, 0.3) is 5.56 Å². The minimum atomic E-state index is -0.436. The van der Waals surface area contributed by atoms with Crippen molar-refractivity contribution in [1.82, 2.24) is 9.47 Å². The van der Waals surface area contributed by atoms with Gasteiger partial charge in [-0.2, -0.15) is 0 Å². The minimum Gasteiger partial charge on any atom is -0.493 e. The molecule has 1 unspecified atom stereocenters. The average molecular weight is 382 g/mol. The monoisotopic (exact) mass is 382 g/mol. The van der Waals surface area contributed by atoms with Crippen molar-refractivity contribution in [2.24, 2.45) is 5.92 Å². The van der Waals surface area contributed by atoms with Gasteiger partial charge in [0.15, 0.2) is 17.7 Å². The molecule has 1 fully saturated rings. The Balaban J connectivity index is 1.50. The largest absolute Gasteiger partial charge is 0.493 e. The molecule has 7 nitrogen and oxygen atoms in total. The average Bonchev–Trinajstić information content (AvgIpc) is 3.05. The van der Waals surface area contributed by atoms with E-state index in [1.54, 1.807) is 13.2 Å². The fourth-order valence-corrected chi connectivity index (χ4v) is 4.98. The number of carbonyl (C=O) groups excluding carboxylic acids is 1. The van der Waals surface area contributed by atoms with Gasteiger partial charge in [-0.3, -0.25) is 9.69 Å². The number of nitrogens with zero attached hydrogens (tertiary/aromatic N) is 2. The number of piperidine rings is 1. The first kappa shape index (κ1) is 17.3. The van der Waals surface area contributed by atoms with Crippen molar-refractivity contribution in [1.29, 1.82) is 0 Å². The summed E-state index contributed by atoms with van der Waals surface area (Å²) in [5.41, 5.74) is 2.40. The minimum absolute atomic E-state index is 0.0649. The van der Waals surface area contributed by atoms with Crippen molar-refractivity contribution >= 4 is 5.97 Å². The van der Waals surface area contributed by atoms with E-state index in [2.05, 4.69) is 4.90 Å². The van der Waals surface area contributed by atoms with Gasteiger partial charge in [-0.15, -0.1) is 0 Å². The van der Waals surface area contributed by atoms with Crippen LogP contribution in [0.2, 0.25) is 0 Å².